The Morgan fingerprint density at radius 2 is 1.80 bits per heavy atom. The highest BCUT2D eigenvalue weighted by atomic mass is 19.1. The van der Waals surface area contributed by atoms with Gasteiger partial charge < -0.3 is 30.7 Å². The molecule has 0 saturated carbocycles. The number of amidine groups is 1. The van der Waals surface area contributed by atoms with Gasteiger partial charge in [-0.2, -0.15) is 4.99 Å². The molecule has 40 heavy (non-hydrogen) atoms. The molecular weight excluding hydrogens is 524 g/mol. The van der Waals surface area contributed by atoms with Crippen molar-refractivity contribution in [3.05, 3.63) is 72.1 Å². The number of nitrogens with two attached hydrogens (primary N) is 1. The number of nitrogens with zero attached hydrogens (tertiary/aromatic N) is 4. The van der Waals surface area contributed by atoms with E-state index < -0.39 is 28.9 Å². The maximum Gasteiger partial charge on any atom is 0.251 e. The molecule has 0 fully saturated rings. The Morgan fingerprint density at radius 3 is 2.38 bits per heavy atom. The topological polar surface area (TPSA) is 144 Å². The van der Waals surface area contributed by atoms with Crippen molar-refractivity contribution in [1.29, 1.82) is 0 Å². The third-order valence-electron chi connectivity index (χ3n) is 5.62. The number of aliphatic imine (C=N–C) groups is 1. The van der Waals surface area contributed by atoms with E-state index in [0.29, 0.717) is 24.0 Å². The molecule has 1 aromatic heterocycles. The van der Waals surface area contributed by atoms with Gasteiger partial charge in [0.2, 0.25) is 11.7 Å². The normalized spacial score (nSPS) is 11.3. The summed E-state index contributed by atoms with van der Waals surface area (Å²) in [5.74, 6) is -4.67. The highest BCUT2D eigenvalue weighted by Gasteiger charge is 2.28. The number of methoxy groups -OCH3 is 2. The summed E-state index contributed by atoms with van der Waals surface area (Å²) >= 11 is 0. The van der Waals surface area contributed by atoms with Crippen LogP contribution >= 0.6 is 0 Å². The molecular formula is C27H29F2N7O4. The number of carbonyl (C=O) groups excluding carboxylic acids is 2. The van der Waals surface area contributed by atoms with E-state index in [9.17, 15) is 9.59 Å². The smallest absolute Gasteiger partial charge is 0.251 e. The molecule has 11 nitrogen and oxygen atoms in total. The summed E-state index contributed by atoms with van der Waals surface area (Å²) in [6, 6.07) is 3.98. The first-order valence-electron chi connectivity index (χ1n) is 11.8. The Kier molecular flexibility index (Phi) is 9.45. The van der Waals surface area contributed by atoms with Gasteiger partial charge in [-0.15, -0.1) is 0 Å². The van der Waals surface area contributed by atoms with Crippen LogP contribution in [0.3, 0.4) is 0 Å². The average Bonchev–Trinajstić information content (AvgIpc) is 2.92. The van der Waals surface area contributed by atoms with Crippen LogP contribution in [-0.4, -0.2) is 73.8 Å². The summed E-state index contributed by atoms with van der Waals surface area (Å²) in [6.07, 6.45) is 2.42. The van der Waals surface area contributed by atoms with Gasteiger partial charge in [0, 0.05) is 42.0 Å². The van der Waals surface area contributed by atoms with Crippen LogP contribution in [0, 0.1) is 11.6 Å². The van der Waals surface area contributed by atoms with Gasteiger partial charge in [0.15, 0.2) is 29.0 Å². The third kappa shape index (κ3) is 6.56. The predicted molar refractivity (Wildman–Crippen MR) is 148 cm³/mol. The van der Waals surface area contributed by atoms with Crippen LogP contribution in [0.25, 0.3) is 10.9 Å². The van der Waals surface area contributed by atoms with E-state index in [2.05, 4.69) is 38.8 Å². The number of aromatic nitrogens is 2. The number of benzene rings is 2. The molecule has 0 saturated heterocycles. The zero-order valence-corrected chi connectivity index (χ0v) is 22.5. The monoisotopic (exact) mass is 553 g/mol. The molecule has 0 aliphatic rings. The van der Waals surface area contributed by atoms with Crippen molar-refractivity contribution in [1.82, 2.24) is 20.2 Å². The van der Waals surface area contributed by atoms with Crippen molar-refractivity contribution in [2.24, 2.45) is 10.7 Å². The molecule has 0 aliphatic carbocycles. The summed E-state index contributed by atoms with van der Waals surface area (Å²) < 4.78 is 40.3. The third-order valence-corrected chi connectivity index (χ3v) is 5.62. The summed E-state index contributed by atoms with van der Waals surface area (Å²) in [7, 11) is 6.13. The number of halogens is 2. The first-order valence-corrected chi connectivity index (χ1v) is 11.8. The minimum atomic E-state index is -1.16. The van der Waals surface area contributed by atoms with Crippen molar-refractivity contribution >= 4 is 40.1 Å². The molecule has 0 spiro atoms. The van der Waals surface area contributed by atoms with Gasteiger partial charge in [-0.05, 0) is 32.3 Å². The van der Waals surface area contributed by atoms with Crippen LogP contribution in [0.2, 0.25) is 0 Å². The summed E-state index contributed by atoms with van der Waals surface area (Å²) in [6.45, 7) is 7.98. The molecule has 13 heteroatoms. The lowest BCUT2D eigenvalue weighted by atomic mass is 9.98. The Bertz CT molecular complexity index is 1490. The van der Waals surface area contributed by atoms with Crippen LogP contribution in [0.15, 0.2) is 54.3 Å². The number of fused-ring (bicyclic) bond motifs is 1. The average molecular weight is 554 g/mol. The zero-order chi connectivity index (χ0) is 29.6. The zero-order valence-electron chi connectivity index (χ0n) is 22.5. The van der Waals surface area contributed by atoms with Crippen LogP contribution < -0.4 is 25.8 Å². The largest absolute Gasteiger partial charge is 0.494 e. The molecule has 3 rings (SSSR count). The van der Waals surface area contributed by atoms with Crippen LogP contribution in [0.1, 0.15) is 15.9 Å². The maximum atomic E-state index is 15.2. The quantitative estimate of drug-likeness (QED) is 0.133. The van der Waals surface area contributed by atoms with Crippen molar-refractivity contribution in [2.75, 3.05) is 46.7 Å². The Labute approximate surface area is 229 Å². The number of likely N-dealkylation sites (N-methyl/N-ethyl adjacent to an activating group) is 1. The van der Waals surface area contributed by atoms with Gasteiger partial charge in [0.05, 0.1) is 25.4 Å². The first kappa shape index (κ1) is 29.6. The van der Waals surface area contributed by atoms with Crippen molar-refractivity contribution in [2.45, 2.75) is 0 Å². The number of amides is 1. The molecule has 1 amide bonds. The summed E-state index contributed by atoms with van der Waals surface area (Å²) in [4.78, 5) is 39.6. The standard InChI is InChI=1S/C27H29F2N7O4/c1-7-21(37)33-14(2)26(30)35-27-32-13-15-10-16(18(11-17(15)34-27)31-8-9-36(3)4)25(38)22-23(28)19(39-5)12-20(40-6)24(22)29/h7,10-13,31H,1-2,8-9H2,3-6H3,(H,33,37)(H2,30,32,34,35). The van der Waals surface area contributed by atoms with E-state index in [0.717, 1.165) is 12.1 Å². The summed E-state index contributed by atoms with van der Waals surface area (Å²) in [5, 5.41) is 5.91. The number of nitrogens with one attached hydrogen (secondary N) is 2. The van der Waals surface area contributed by atoms with E-state index in [1.807, 2.05) is 19.0 Å². The van der Waals surface area contributed by atoms with Gasteiger partial charge >= 0.3 is 0 Å². The number of carbonyl (C=O) groups is 2. The molecule has 0 bridgehead atoms. The SMILES string of the molecule is C=CC(=O)NC(=C)C(N)=Nc1ncc2cc(C(=O)c3c(F)c(OC)cc(OC)c3F)c(NCCN(C)C)cc2n1. The lowest BCUT2D eigenvalue weighted by molar-refractivity contribution is -0.115. The number of hydrogen-bond acceptors (Lipinski definition) is 9. The van der Waals surface area contributed by atoms with E-state index in [1.54, 1.807) is 0 Å². The van der Waals surface area contributed by atoms with Crippen LogP contribution in [0.4, 0.5) is 20.4 Å². The molecule has 4 N–H and O–H groups in total. The van der Waals surface area contributed by atoms with Gasteiger partial charge in [-0.1, -0.05) is 13.2 Å². The number of rotatable bonds is 12. The Morgan fingerprint density at radius 1 is 1.15 bits per heavy atom. The highest BCUT2D eigenvalue weighted by Crippen LogP contribution is 2.34. The number of anilines is 1. The fraction of sp³-hybridized carbons (Fsp3) is 0.222. The molecule has 1 heterocycles. The van der Waals surface area contributed by atoms with Crippen LogP contribution in [0.5, 0.6) is 11.5 Å². The number of hydrogen-bond donors (Lipinski definition) is 3. The van der Waals surface area contributed by atoms with Gasteiger partial charge in [-0.3, -0.25) is 9.59 Å². The van der Waals surface area contributed by atoms with Crippen LogP contribution in [-0.2, 0) is 4.79 Å². The van der Waals surface area contributed by atoms with E-state index in [-0.39, 0.29) is 40.2 Å². The molecule has 0 aliphatic heterocycles. The van der Waals surface area contributed by atoms with E-state index in [4.69, 9.17) is 15.2 Å². The molecule has 0 unspecified atom stereocenters. The highest BCUT2D eigenvalue weighted by molar-refractivity contribution is 6.15. The minimum Gasteiger partial charge on any atom is -0.494 e. The first-order chi connectivity index (χ1) is 19.0. The second-order valence-corrected chi connectivity index (χ2v) is 8.64. The lowest BCUT2D eigenvalue weighted by Crippen LogP contribution is -2.29. The molecule has 0 radical (unpaired) electrons. The van der Waals surface area contributed by atoms with Crippen molar-refractivity contribution in [3.63, 3.8) is 0 Å². The fourth-order valence-corrected chi connectivity index (χ4v) is 3.53. The number of ketones is 1. The second-order valence-electron chi connectivity index (χ2n) is 8.64. The van der Waals surface area contributed by atoms with E-state index >= 15 is 8.78 Å². The molecule has 2 aromatic carbocycles. The molecule has 3 aromatic rings. The Balaban J connectivity index is 2.13. The Hall–Kier alpha value is -4.91. The maximum absolute atomic E-state index is 15.2. The second kappa shape index (κ2) is 12.8. The molecule has 0 atom stereocenters. The van der Waals surface area contributed by atoms with Gasteiger partial charge in [0.1, 0.15) is 5.56 Å². The summed E-state index contributed by atoms with van der Waals surface area (Å²) in [5.41, 5.74) is 5.68. The molecule has 210 valence electrons. The fourth-order valence-electron chi connectivity index (χ4n) is 3.53. The lowest BCUT2D eigenvalue weighted by Gasteiger charge is -2.17. The van der Waals surface area contributed by atoms with Gasteiger partial charge in [-0.25, -0.2) is 18.7 Å². The minimum absolute atomic E-state index is 0.0263. The number of ether oxygens (including phenoxy) is 2. The van der Waals surface area contributed by atoms with Crippen molar-refractivity contribution < 1.29 is 27.8 Å². The van der Waals surface area contributed by atoms with Gasteiger partial charge in [0.25, 0.3) is 5.95 Å². The van der Waals surface area contributed by atoms with Crippen molar-refractivity contribution in [3.8, 4) is 11.5 Å². The predicted octanol–water partition coefficient (Wildman–Crippen LogP) is 2.93. The van der Waals surface area contributed by atoms with E-state index in [1.165, 1.54) is 32.5 Å².